The van der Waals surface area contributed by atoms with E-state index in [1.165, 1.54) is 4.57 Å². The summed E-state index contributed by atoms with van der Waals surface area (Å²) in [6.45, 7) is 7.64. The van der Waals surface area contributed by atoms with Crippen molar-refractivity contribution in [2.75, 3.05) is 56.7 Å². The number of hydrogen-bond donors (Lipinski definition) is 2. The van der Waals surface area contributed by atoms with Crippen LogP contribution in [0.1, 0.15) is 12.5 Å². The number of rotatable bonds is 5. The molecule has 1 atom stereocenters. The smallest absolute Gasteiger partial charge is 0.328 e. The van der Waals surface area contributed by atoms with E-state index in [0.717, 1.165) is 37.6 Å². The Labute approximate surface area is 174 Å². The summed E-state index contributed by atoms with van der Waals surface area (Å²) in [6, 6.07) is 3.95. The van der Waals surface area contributed by atoms with E-state index in [1.807, 2.05) is 19.1 Å². The van der Waals surface area contributed by atoms with Gasteiger partial charge in [-0.3, -0.25) is 4.57 Å². The molecule has 10 nitrogen and oxygen atoms in total. The number of anilines is 2. The van der Waals surface area contributed by atoms with Gasteiger partial charge in [-0.1, -0.05) is 13.0 Å². The molecule has 0 radical (unpaired) electrons. The third-order valence-electron chi connectivity index (χ3n) is 5.64. The topological polar surface area (TPSA) is 126 Å². The molecule has 160 valence electrons. The zero-order valence-electron chi connectivity index (χ0n) is 17.5. The van der Waals surface area contributed by atoms with E-state index in [9.17, 15) is 9.36 Å². The van der Waals surface area contributed by atoms with Crippen molar-refractivity contribution in [1.29, 1.82) is 0 Å². The fourth-order valence-corrected chi connectivity index (χ4v) is 4.36. The normalized spacial score (nSPS) is 17.4. The fourth-order valence-electron chi connectivity index (χ4n) is 3.45. The van der Waals surface area contributed by atoms with Gasteiger partial charge in [-0.2, -0.15) is 0 Å². The summed E-state index contributed by atoms with van der Waals surface area (Å²) in [5.41, 5.74) is 7.47. The highest BCUT2D eigenvalue weighted by Gasteiger charge is 2.23. The molecule has 3 N–H and O–H groups in total. The van der Waals surface area contributed by atoms with Gasteiger partial charge >= 0.3 is 5.69 Å². The number of fused-ring (bicyclic) bond motifs is 1. The molecule has 0 aromatic carbocycles. The van der Waals surface area contributed by atoms with Crippen LogP contribution in [-0.4, -0.2) is 75.5 Å². The van der Waals surface area contributed by atoms with E-state index in [-0.39, 0.29) is 23.6 Å². The summed E-state index contributed by atoms with van der Waals surface area (Å²) >= 11 is 0. The van der Waals surface area contributed by atoms with Crippen LogP contribution in [-0.2, 0) is 11.1 Å². The minimum atomic E-state index is -2.73. The predicted octanol–water partition coefficient (Wildman–Crippen LogP) is 0.535. The quantitative estimate of drug-likeness (QED) is 0.562. The number of likely N-dealkylation sites (N-methyl/N-ethyl adjacent to an activating group) is 1. The molecule has 1 saturated heterocycles. The minimum absolute atomic E-state index is 0.130. The third kappa shape index (κ3) is 3.85. The van der Waals surface area contributed by atoms with E-state index < -0.39 is 7.14 Å². The maximum Gasteiger partial charge on any atom is 0.328 e. The van der Waals surface area contributed by atoms with Crippen molar-refractivity contribution < 1.29 is 4.57 Å². The molecule has 0 saturated carbocycles. The van der Waals surface area contributed by atoms with Gasteiger partial charge in [-0.15, -0.1) is 0 Å². The molecule has 1 aliphatic heterocycles. The molecular formula is C19H27N8O2P. The molecule has 30 heavy (non-hydrogen) atoms. The minimum Gasteiger partial charge on any atom is -0.382 e. The first-order valence-corrected chi connectivity index (χ1v) is 12.3. The molecule has 0 aliphatic carbocycles. The van der Waals surface area contributed by atoms with Gasteiger partial charge in [0, 0.05) is 38.5 Å². The van der Waals surface area contributed by atoms with Crippen molar-refractivity contribution in [3.05, 3.63) is 34.4 Å². The van der Waals surface area contributed by atoms with Crippen molar-refractivity contribution in [2.24, 2.45) is 0 Å². The van der Waals surface area contributed by atoms with E-state index in [4.69, 9.17) is 5.73 Å². The second-order valence-electron chi connectivity index (χ2n) is 7.86. The van der Waals surface area contributed by atoms with Crippen molar-refractivity contribution in [2.45, 2.75) is 13.5 Å². The predicted molar refractivity (Wildman–Crippen MR) is 119 cm³/mol. The van der Waals surface area contributed by atoms with Crippen LogP contribution >= 0.6 is 7.14 Å². The SMILES string of the molecule is CC[P@](C)(=O)c1nc(N)c2[nH]c(=O)n(Cc3ccc(N4CCN(C)CC4)nc3)c2n1. The van der Waals surface area contributed by atoms with Crippen LogP contribution in [0.15, 0.2) is 23.1 Å². The van der Waals surface area contributed by atoms with Crippen LogP contribution in [0.3, 0.4) is 0 Å². The number of nitrogen functional groups attached to an aromatic ring is 1. The standard InChI is InChI=1S/C19H27N8O2P/c1-4-30(3,29)18-23-16(20)15-17(24-18)27(19(28)22-15)12-13-5-6-14(21-11-13)26-9-7-25(2)8-10-26/h5-6,11H,4,7-10,12H2,1-3H3,(H,22,28)(H2,20,23,24)/t30-/m0/s1. The van der Waals surface area contributed by atoms with Gasteiger partial charge in [0.2, 0.25) is 0 Å². The largest absolute Gasteiger partial charge is 0.382 e. The number of H-pyrrole nitrogens is 1. The van der Waals surface area contributed by atoms with E-state index in [2.05, 4.69) is 36.8 Å². The van der Waals surface area contributed by atoms with E-state index in [1.54, 1.807) is 12.9 Å². The lowest BCUT2D eigenvalue weighted by molar-refractivity contribution is 0.312. The Morgan fingerprint density at radius 1 is 1.20 bits per heavy atom. The second kappa shape index (κ2) is 7.85. The first-order valence-electron chi connectivity index (χ1n) is 10.00. The second-order valence-corrected chi connectivity index (χ2v) is 11.1. The molecule has 0 amide bonds. The Kier molecular flexibility index (Phi) is 5.38. The monoisotopic (exact) mass is 430 g/mol. The van der Waals surface area contributed by atoms with Crippen molar-refractivity contribution in [3.63, 3.8) is 0 Å². The Bertz CT molecular complexity index is 1160. The number of nitrogens with two attached hydrogens (primary N) is 1. The highest BCUT2D eigenvalue weighted by atomic mass is 31.2. The van der Waals surface area contributed by atoms with Gasteiger partial charge in [0.05, 0.1) is 6.54 Å². The number of nitrogens with one attached hydrogen (secondary N) is 1. The molecule has 0 bridgehead atoms. The summed E-state index contributed by atoms with van der Waals surface area (Å²) in [6.07, 6.45) is 2.20. The number of pyridine rings is 1. The molecule has 11 heteroatoms. The zero-order valence-corrected chi connectivity index (χ0v) is 18.4. The van der Waals surface area contributed by atoms with Gasteiger partial charge in [0.15, 0.2) is 17.0 Å². The lowest BCUT2D eigenvalue weighted by Crippen LogP contribution is -2.44. The Balaban J connectivity index is 1.64. The average Bonchev–Trinajstić information content (AvgIpc) is 3.05. The fraction of sp³-hybridized carbons (Fsp3) is 0.474. The molecule has 4 rings (SSSR count). The highest BCUT2D eigenvalue weighted by Crippen LogP contribution is 2.38. The third-order valence-corrected chi connectivity index (χ3v) is 7.90. The first kappa shape index (κ1) is 20.6. The van der Waals surface area contributed by atoms with Crippen LogP contribution in [0, 0.1) is 0 Å². The Hall–Kier alpha value is -2.71. The number of aromatic nitrogens is 5. The number of nitrogens with zero attached hydrogens (tertiary/aromatic N) is 6. The molecule has 4 heterocycles. The molecule has 0 spiro atoms. The first-order chi connectivity index (χ1) is 14.3. The van der Waals surface area contributed by atoms with Gasteiger partial charge in [0.1, 0.15) is 18.5 Å². The molecule has 3 aromatic heterocycles. The van der Waals surface area contributed by atoms with Crippen molar-refractivity contribution in [1.82, 2.24) is 29.4 Å². The highest BCUT2D eigenvalue weighted by molar-refractivity contribution is 7.70. The van der Waals surface area contributed by atoms with E-state index in [0.29, 0.717) is 17.3 Å². The molecule has 1 aliphatic rings. The van der Waals surface area contributed by atoms with Gasteiger partial charge in [-0.25, -0.2) is 19.7 Å². The zero-order chi connectivity index (χ0) is 21.5. The summed E-state index contributed by atoms with van der Waals surface area (Å²) in [5.74, 6) is 1.06. The van der Waals surface area contributed by atoms with Crippen LogP contribution < -0.4 is 21.9 Å². The van der Waals surface area contributed by atoms with Crippen LogP contribution in [0.4, 0.5) is 11.6 Å². The number of imidazole rings is 1. The number of aromatic amines is 1. The molecule has 1 fully saturated rings. The summed E-state index contributed by atoms with van der Waals surface area (Å²) in [4.78, 5) is 33.0. The Morgan fingerprint density at radius 2 is 1.93 bits per heavy atom. The number of piperazine rings is 1. The summed E-state index contributed by atoms with van der Waals surface area (Å²) < 4.78 is 14.3. The summed E-state index contributed by atoms with van der Waals surface area (Å²) in [7, 11) is -0.612. The lowest BCUT2D eigenvalue weighted by Gasteiger charge is -2.33. The van der Waals surface area contributed by atoms with Gasteiger partial charge < -0.3 is 25.1 Å². The maximum absolute atomic E-state index is 12.8. The Morgan fingerprint density at radius 3 is 2.57 bits per heavy atom. The van der Waals surface area contributed by atoms with Crippen LogP contribution in [0.5, 0.6) is 0 Å². The molecule has 0 unspecified atom stereocenters. The van der Waals surface area contributed by atoms with Gasteiger partial charge in [-0.05, 0) is 25.3 Å². The van der Waals surface area contributed by atoms with Crippen LogP contribution in [0.25, 0.3) is 11.2 Å². The van der Waals surface area contributed by atoms with Crippen molar-refractivity contribution in [3.8, 4) is 0 Å². The molecule has 3 aromatic rings. The lowest BCUT2D eigenvalue weighted by atomic mass is 10.2. The van der Waals surface area contributed by atoms with E-state index >= 15 is 0 Å². The van der Waals surface area contributed by atoms with Crippen molar-refractivity contribution >= 4 is 35.5 Å². The molecular weight excluding hydrogens is 403 g/mol. The number of hydrogen-bond acceptors (Lipinski definition) is 8. The summed E-state index contributed by atoms with van der Waals surface area (Å²) in [5, 5.41) is 0. The maximum atomic E-state index is 12.8. The average molecular weight is 430 g/mol. The van der Waals surface area contributed by atoms with Crippen LogP contribution in [0.2, 0.25) is 0 Å². The van der Waals surface area contributed by atoms with Gasteiger partial charge in [0.25, 0.3) is 0 Å².